The average Bonchev–Trinajstić information content (AvgIpc) is 2.42. The van der Waals surface area contributed by atoms with Crippen molar-refractivity contribution in [3.8, 4) is 0 Å². The normalized spacial score (nSPS) is 20.0. The summed E-state index contributed by atoms with van der Waals surface area (Å²) in [6, 6.07) is -0.785. The van der Waals surface area contributed by atoms with Crippen molar-refractivity contribution in [1.82, 2.24) is 5.32 Å². The number of hydrogen-bond donors (Lipinski definition) is 2. The fraction of sp³-hybridized carbons (Fsp3) is 0.882. The van der Waals surface area contributed by atoms with Crippen LogP contribution in [0.1, 0.15) is 66.2 Å². The van der Waals surface area contributed by atoms with Crippen molar-refractivity contribution >= 4 is 19.2 Å². The number of carbonyl (C=O) groups is 2. The van der Waals surface area contributed by atoms with Gasteiger partial charge in [-0.3, -0.25) is 9.36 Å². The van der Waals surface area contributed by atoms with Gasteiger partial charge in [-0.2, -0.15) is 0 Å². The second-order valence-electron chi connectivity index (χ2n) is 7.76. The predicted molar refractivity (Wildman–Crippen MR) is 94.6 cm³/mol. The second kappa shape index (κ2) is 9.00. The molecule has 0 aromatic carbocycles. The second-order valence-corrected chi connectivity index (χ2v) is 10.1. The topological polar surface area (TPSA) is 92.7 Å². The van der Waals surface area contributed by atoms with Crippen molar-refractivity contribution in [1.29, 1.82) is 0 Å². The van der Waals surface area contributed by atoms with E-state index in [2.05, 4.69) is 5.32 Å². The van der Waals surface area contributed by atoms with Gasteiger partial charge in [0.25, 0.3) is 0 Å². The summed E-state index contributed by atoms with van der Waals surface area (Å²) in [6.07, 6.45) is 4.82. The van der Waals surface area contributed by atoms with E-state index in [-0.39, 0.29) is 18.2 Å². The molecular weight excluding hydrogens is 329 g/mol. The van der Waals surface area contributed by atoms with E-state index < -0.39 is 30.9 Å². The molecule has 0 aromatic heterocycles. The molecule has 0 saturated heterocycles. The van der Waals surface area contributed by atoms with Crippen LogP contribution in [0.4, 0.5) is 4.79 Å². The molecule has 0 radical (unpaired) electrons. The van der Waals surface area contributed by atoms with Gasteiger partial charge in [-0.1, -0.05) is 26.2 Å². The minimum absolute atomic E-state index is 0.210. The van der Waals surface area contributed by atoms with Gasteiger partial charge < -0.3 is 14.9 Å². The Labute approximate surface area is 145 Å². The minimum Gasteiger partial charge on any atom is -0.444 e. The highest BCUT2D eigenvalue weighted by atomic mass is 31.2. The van der Waals surface area contributed by atoms with Gasteiger partial charge >= 0.3 is 6.09 Å². The summed E-state index contributed by atoms with van der Waals surface area (Å²) in [5, 5.41) is 2.51. The number of nitrogens with one attached hydrogen (secondary N) is 1. The summed E-state index contributed by atoms with van der Waals surface area (Å²) in [5.41, 5.74) is -0.654. The lowest BCUT2D eigenvalue weighted by atomic mass is 9.91. The molecule has 0 bridgehead atoms. The molecule has 6 nitrogen and oxygen atoms in total. The van der Waals surface area contributed by atoms with Crippen LogP contribution >= 0.6 is 7.37 Å². The average molecular weight is 361 g/mol. The smallest absolute Gasteiger partial charge is 0.408 e. The van der Waals surface area contributed by atoms with Crippen LogP contribution in [-0.2, 0) is 14.1 Å². The molecule has 0 aromatic rings. The fourth-order valence-electron chi connectivity index (χ4n) is 3.05. The van der Waals surface area contributed by atoms with Gasteiger partial charge in [-0.25, -0.2) is 4.79 Å². The summed E-state index contributed by atoms with van der Waals surface area (Å²) >= 11 is 0. The maximum absolute atomic E-state index is 12.4. The van der Waals surface area contributed by atoms with E-state index in [9.17, 15) is 19.0 Å². The first kappa shape index (κ1) is 21.2. The Kier molecular flexibility index (Phi) is 7.94. The van der Waals surface area contributed by atoms with Crippen LogP contribution in [-0.4, -0.2) is 40.7 Å². The van der Waals surface area contributed by atoms with Crippen LogP contribution < -0.4 is 5.32 Å². The number of rotatable bonds is 7. The summed E-state index contributed by atoms with van der Waals surface area (Å²) in [7, 11) is -3.51. The van der Waals surface area contributed by atoms with E-state index in [0.29, 0.717) is 6.42 Å². The molecule has 0 aliphatic heterocycles. The first-order valence-corrected chi connectivity index (χ1v) is 10.9. The molecule has 2 unspecified atom stereocenters. The van der Waals surface area contributed by atoms with Crippen LogP contribution in [0.25, 0.3) is 0 Å². The van der Waals surface area contributed by atoms with Crippen LogP contribution in [0.2, 0.25) is 0 Å². The molecule has 24 heavy (non-hydrogen) atoms. The standard InChI is InChI=1S/C17H32NO5P/c1-5-14(18-16(20)23-17(2,3)4)15(19)12-24(21,22)11-13-9-7-6-8-10-13/h13-14H,5-12H2,1-4H3,(H,18,20)(H,21,22). The molecule has 7 heteroatoms. The maximum Gasteiger partial charge on any atom is 0.408 e. The third kappa shape index (κ3) is 8.29. The van der Waals surface area contributed by atoms with Crippen LogP contribution in [0.15, 0.2) is 0 Å². The summed E-state index contributed by atoms with van der Waals surface area (Å²) in [4.78, 5) is 34.3. The molecule has 1 rings (SSSR count). The Balaban J connectivity index is 2.55. The number of alkyl carbamates (subject to hydrolysis) is 1. The van der Waals surface area contributed by atoms with Gasteiger partial charge in [0, 0.05) is 6.16 Å². The summed E-state index contributed by atoms with van der Waals surface area (Å²) in [5.74, 6) is -0.161. The van der Waals surface area contributed by atoms with Crippen molar-refractivity contribution in [2.45, 2.75) is 77.9 Å². The third-order valence-corrected chi connectivity index (χ3v) is 6.05. The van der Waals surface area contributed by atoms with Gasteiger partial charge in [0.2, 0.25) is 7.37 Å². The first-order valence-electron chi connectivity index (χ1n) is 8.85. The number of Topliss-reactive ketones (excluding diaryl/α,β-unsaturated/α-hetero) is 1. The largest absolute Gasteiger partial charge is 0.444 e. The Morgan fingerprint density at radius 2 is 1.83 bits per heavy atom. The lowest BCUT2D eigenvalue weighted by Crippen LogP contribution is -2.44. The number of ketones is 1. The Bertz CT molecular complexity index is 480. The van der Waals surface area contributed by atoms with Crippen LogP contribution in [0, 0.1) is 5.92 Å². The molecule has 0 spiro atoms. The van der Waals surface area contributed by atoms with Crippen molar-refractivity contribution in [3.05, 3.63) is 0 Å². The van der Waals surface area contributed by atoms with E-state index in [4.69, 9.17) is 4.74 Å². The zero-order chi connectivity index (χ0) is 18.4. The third-order valence-electron chi connectivity index (χ3n) is 4.16. The Morgan fingerprint density at radius 3 is 2.33 bits per heavy atom. The fourth-order valence-corrected chi connectivity index (χ4v) is 5.06. The molecule has 0 heterocycles. The van der Waals surface area contributed by atoms with E-state index in [0.717, 1.165) is 25.7 Å². The molecule has 1 fully saturated rings. The highest BCUT2D eigenvalue weighted by molar-refractivity contribution is 7.59. The molecule has 2 atom stereocenters. The molecule has 1 aliphatic rings. The van der Waals surface area contributed by atoms with E-state index in [1.807, 2.05) is 0 Å². The van der Waals surface area contributed by atoms with Crippen LogP contribution in [0.3, 0.4) is 0 Å². The predicted octanol–water partition coefficient (Wildman–Crippen LogP) is 3.71. The summed E-state index contributed by atoms with van der Waals surface area (Å²) in [6.45, 7) is 6.97. The van der Waals surface area contributed by atoms with E-state index in [1.165, 1.54) is 6.42 Å². The van der Waals surface area contributed by atoms with Gasteiger partial charge in [-0.05, 0) is 46.0 Å². The molecular formula is C17H32NO5P. The number of hydrogen-bond acceptors (Lipinski definition) is 4. The quantitative estimate of drug-likeness (QED) is 0.674. The van der Waals surface area contributed by atoms with Gasteiger partial charge in [0.05, 0.1) is 12.2 Å². The zero-order valence-electron chi connectivity index (χ0n) is 15.3. The van der Waals surface area contributed by atoms with Gasteiger partial charge in [0.15, 0.2) is 5.78 Å². The lowest BCUT2D eigenvalue weighted by molar-refractivity contribution is -0.118. The van der Waals surface area contributed by atoms with Crippen LogP contribution in [0.5, 0.6) is 0 Å². The van der Waals surface area contributed by atoms with Crippen molar-refractivity contribution in [2.75, 3.05) is 12.3 Å². The molecule has 2 N–H and O–H groups in total. The number of amides is 1. The van der Waals surface area contributed by atoms with E-state index >= 15 is 0 Å². The molecule has 140 valence electrons. The number of carbonyl (C=O) groups excluding carboxylic acids is 2. The first-order chi connectivity index (χ1) is 11.0. The van der Waals surface area contributed by atoms with Gasteiger partial charge in [0.1, 0.15) is 5.60 Å². The zero-order valence-corrected chi connectivity index (χ0v) is 16.2. The van der Waals surface area contributed by atoms with E-state index in [1.54, 1.807) is 27.7 Å². The maximum atomic E-state index is 12.4. The van der Waals surface area contributed by atoms with Crippen molar-refractivity contribution in [3.63, 3.8) is 0 Å². The molecule has 1 saturated carbocycles. The minimum atomic E-state index is -3.51. The van der Waals surface area contributed by atoms with Crippen molar-refractivity contribution in [2.24, 2.45) is 5.92 Å². The summed E-state index contributed by atoms with van der Waals surface area (Å²) < 4.78 is 17.6. The highest BCUT2D eigenvalue weighted by Crippen LogP contribution is 2.45. The van der Waals surface area contributed by atoms with Crippen molar-refractivity contribution < 1.29 is 23.8 Å². The number of ether oxygens (including phenoxy) is 1. The Hall–Kier alpha value is -0.870. The lowest BCUT2D eigenvalue weighted by Gasteiger charge is -2.25. The molecule has 1 aliphatic carbocycles. The highest BCUT2D eigenvalue weighted by Gasteiger charge is 2.31. The molecule has 1 amide bonds. The Morgan fingerprint density at radius 1 is 1.25 bits per heavy atom. The SMILES string of the molecule is CCC(NC(=O)OC(C)(C)C)C(=O)CP(=O)(O)CC1CCCCC1. The monoisotopic (exact) mass is 361 g/mol. The van der Waals surface area contributed by atoms with Gasteiger partial charge in [-0.15, -0.1) is 0 Å².